The van der Waals surface area contributed by atoms with Gasteiger partial charge < -0.3 is 24.5 Å². The molecule has 2 bridgehead atoms. The maximum atomic E-state index is 14.4. The van der Waals surface area contributed by atoms with Crippen molar-refractivity contribution in [2.24, 2.45) is 11.3 Å². The number of carbonyl (C=O) groups is 3. The first-order chi connectivity index (χ1) is 21.5. The standard InChI is InChI=1S/C33H43FN6O5/c1-20(2)39(21(3)4)30(41)25-15-23(34)7-10-26(25)45-27-16-35-19-36-29(27)37-13-11-33(17-37)12-14-38(18-33)31(42)28-22-5-8-24(9-6-22)40(28)32(43)44/h7,10,15-16,19-22,24,28H,5-6,8-9,11-14,17-18H2,1-4H3,(H,43,44)/t22?,24?,28-,33?/m0/s1. The summed E-state index contributed by atoms with van der Waals surface area (Å²) in [5.41, 5.74) is -0.0205. The quantitative estimate of drug-likeness (QED) is 0.458. The minimum atomic E-state index is -0.993. The van der Waals surface area contributed by atoms with Crippen LogP contribution in [0.5, 0.6) is 11.5 Å². The molecule has 7 rings (SSSR count). The van der Waals surface area contributed by atoms with E-state index in [2.05, 4.69) is 14.9 Å². The number of anilines is 1. The van der Waals surface area contributed by atoms with Crippen molar-refractivity contribution < 1.29 is 28.6 Å². The second kappa shape index (κ2) is 12.1. The fourth-order valence-electron chi connectivity index (χ4n) is 8.21. The van der Waals surface area contributed by atoms with Gasteiger partial charge in [-0.3, -0.25) is 14.5 Å². The number of halogens is 1. The number of carboxylic acid groups (broad SMARTS) is 1. The van der Waals surface area contributed by atoms with Crippen LogP contribution in [0, 0.1) is 17.2 Å². The van der Waals surface area contributed by atoms with E-state index in [1.807, 2.05) is 32.6 Å². The summed E-state index contributed by atoms with van der Waals surface area (Å²) in [6.07, 6.45) is 7.16. The van der Waals surface area contributed by atoms with E-state index in [-0.39, 0.29) is 52.6 Å². The number of nitrogens with zero attached hydrogens (tertiary/aromatic N) is 6. The third kappa shape index (κ3) is 5.79. The van der Waals surface area contributed by atoms with Crippen LogP contribution in [0.3, 0.4) is 0 Å². The highest BCUT2D eigenvalue weighted by Crippen LogP contribution is 2.45. The van der Waals surface area contributed by atoms with E-state index in [9.17, 15) is 23.9 Å². The molecule has 0 radical (unpaired) electrons. The number of amides is 3. The van der Waals surface area contributed by atoms with Crippen LogP contribution in [0.15, 0.2) is 30.7 Å². The SMILES string of the molecule is CC(C)N(C(=O)c1cc(F)ccc1Oc1cncnc1N1CCC2(CCN(C(=O)[C@@H]3C4CCC(CC4)N3C(=O)O)C2)C1)C(C)C. The molecule has 5 aliphatic rings. The topological polar surface area (TPSA) is 119 Å². The molecular formula is C33H43FN6O5. The summed E-state index contributed by atoms with van der Waals surface area (Å²) in [6, 6.07) is 3.10. The molecule has 1 unspecified atom stereocenters. The van der Waals surface area contributed by atoms with Crippen molar-refractivity contribution in [1.82, 2.24) is 24.7 Å². The van der Waals surface area contributed by atoms with Gasteiger partial charge in [0.2, 0.25) is 5.91 Å². The van der Waals surface area contributed by atoms with Gasteiger partial charge in [0.1, 0.15) is 23.9 Å². The molecule has 3 amide bonds. The van der Waals surface area contributed by atoms with Gasteiger partial charge in [-0.2, -0.15) is 0 Å². The summed E-state index contributed by atoms with van der Waals surface area (Å²) in [4.78, 5) is 55.4. The number of hydrogen-bond acceptors (Lipinski definition) is 7. The summed E-state index contributed by atoms with van der Waals surface area (Å²) in [6.45, 7) is 10.2. The van der Waals surface area contributed by atoms with E-state index in [0.717, 1.165) is 38.5 Å². The summed E-state index contributed by atoms with van der Waals surface area (Å²) < 4.78 is 20.7. The summed E-state index contributed by atoms with van der Waals surface area (Å²) >= 11 is 0. The van der Waals surface area contributed by atoms with Gasteiger partial charge in [0, 0.05) is 49.7 Å². The van der Waals surface area contributed by atoms with Crippen molar-refractivity contribution in [1.29, 1.82) is 0 Å². The fraction of sp³-hybridized carbons (Fsp3) is 0.606. The molecule has 45 heavy (non-hydrogen) atoms. The Morgan fingerprint density at radius 1 is 1.02 bits per heavy atom. The molecule has 1 spiro atoms. The average molecular weight is 623 g/mol. The largest absolute Gasteiger partial charge is 0.465 e. The Hall–Kier alpha value is -3.96. The van der Waals surface area contributed by atoms with Gasteiger partial charge in [0.15, 0.2) is 11.6 Å². The molecule has 12 heteroatoms. The van der Waals surface area contributed by atoms with Crippen molar-refractivity contribution in [2.45, 2.75) is 90.4 Å². The third-order valence-corrected chi connectivity index (χ3v) is 10.2. The molecule has 242 valence electrons. The summed E-state index contributed by atoms with van der Waals surface area (Å²) in [5.74, 6) is 0.331. The molecule has 5 fully saturated rings. The van der Waals surface area contributed by atoms with Gasteiger partial charge in [0.25, 0.3) is 5.91 Å². The predicted octanol–water partition coefficient (Wildman–Crippen LogP) is 5.02. The lowest BCUT2D eigenvalue weighted by Crippen LogP contribution is -2.62. The minimum absolute atomic E-state index is 0.0569. The molecule has 4 aliphatic heterocycles. The van der Waals surface area contributed by atoms with Crippen LogP contribution in [0.1, 0.15) is 76.6 Å². The van der Waals surface area contributed by atoms with Crippen molar-refractivity contribution in [3.8, 4) is 11.5 Å². The second-order valence-electron chi connectivity index (χ2n) is 13.7. The molecule has 1 aliphatic carbocycles. The zero-order valence-electron chi connectivity index (χ0n) is 26.5. The van der Waals surface area contributed by atoms with Crippen LogP contribution in [-0.4, -0.2) is 98.0 Å². The number of carbonyl (C=O) groups excluding carboxylic acids is 2. The minimum Gasteiger partial charge on any atom is -0.465 e. The maximum Gasteiger partial charge on any atom is 0.408 e. The monoisotopic (exact) mass is 622 g/mol. The first kappa shape index (κ1) is 31.0. The number of benzene rings is 1. The molecule has 1 aromatic carbocycles. The summed E-state index contributed by atoms with van der Waals surface area (Å²) in [7, 11) is 0. The number of ether oxygens (including phenoxy) is 1. The van der Waals surface area contributed by atoms with Crippen molar-refractivity contribution in [3.05, 3.63) is 42.1 Å². The second-order valence-corrected chi connectivity index (χ2v) is 13.7. The van der Waals surface area contributed by atoms with Crippen molar-refractivity contribution in [2.75, 3.05) is 31.1 Å². The van der Waals surface area contributed by atoms with E-state index in [4.69, 9.17) is 4.74 Å². The summed E-state index contributed by atoms with van der Waals surface area (Å²) in [5, 5.41) is 9.94. The van der Waals surface area contributed by atoms with Crippen LogP contribution >= 0.6 is 0 Å². The van der Waals surface area contributed by atoms with E-state index in [0.29, 0.717) is 37.7 Å². The molecule has 1 saturated carbocycles. The highest BCUT2D eigenvalue weighted by Gasteiger charge is 2.52. The van der Waals surface area contributed by atoms with Gasteiger partial charge in [-0.1, -0.05) is 0 Å². The van der Waals surface area contributed by atoms with Crippen LogP contribution in [-0.2, 0) is 4.79 Å². The van der Waals surface area contributed by atoms with E-state index in [1.54, 1.807) is 11.1 Å². The Bertz CT molecular complexity index is 1450. The van der Waals surface area contributed by atoms with Gasteiger partial charge in [-0.05, 0) is 90.3 Å². The van der Waals surface area contributed by atoms with Crippen LogP contribution in [0.25, 0.3) is 0 Å². The van der Waals surface area contributed by atoms with Crippen molar-refractivity contribution >= 4 is 23.7 Å². The molecule has 4 saturated heterocycles. The number of hydrogen-bond donors (Lipinski definition) is 1. The molecule has 5 heterocycles. The number of rotatable bonds is 7. The molecule has 1 aromatic heterocycles. The number of likely N-dealkylation sites (tertiary alicyclic amines) is 1. The van der Waals surface area contributed by atoms with E-state index >= 15 is 0 Å². The first-order valence-electron chi connectivity index (χ1n) is 16.1. The highest BCUT2D eigenvalue weighted by molar-refractivity contribution is 5.97. The van der Waals surface area contributed by atoms with Crippen molar-refractivity contribution in [3.63, 3.8) is 0 Å². The molecule has 2 atom stereocenters. The third-order valence-electron chi connectivity index (χ3n) is 10.2. The lowest BCUT2D eigenvalue weighted by Gasteiger charge is -2.50. The fourth-order valence-corrected chi connectivity index (χ4v) is 8.21. The van der Waals surface area contributed by atoms with Crippen LogP contribution < -0.4 is 9.64 Å². The Kier molecular flexibility index (Phi) is 8.34. The van der Waals surface area contributed by atoms with Gasteiger partial charge in [-0.25, -0.2) is 19.2 Å². The maximum absolute atomic E-state index is 14.4. The number of piperidine rings is 2. The van der Waals surface area contributed by atoms with Crippen LogP contribution in [0.4, 0.5) is 15.0 Å². The molecule has 11 nitrogen and oxygen atoms in total. The zero-order valence-corrected chi connectivity index (χ0v) is 26.5. The van der Waals surface area contributed by atoms with E-state index < -0.39 is 18.0 Å². The number of fused-ring (bicyclic) bond motifs is 3. The smallest absolute Gasteiger partial charge is 0.408 e. The van der Waals surface area contributed by atoms with Gasteiger partial charge >= 0.3 is 6.09 Å². The number of aromatic nitrogens is 2. The Labute approximate surface area is 263 Å². The molecular weight excluding hydrogens is 579 g/mol. The molecule has 2 aromatic rings. The predicted molar refractivity (Wildman–Crippen MR) is 165 cm³/mol. The molecule has 1 N–H and O–H groups in total. The highest BCUT2D eigenvalue weighted by atomic mass is 19.1. The Morgan fingerprint density at radius 3 is 2.42 bits per heavy atom. The lowest BCUT2D eigenvalue weighted by molar-refractivity contribution is -0.143. The zero-order chi connectivity index (χ0) is 32.0. The van der Waals surface area contributed by atoms with Crippen LogP contribution in [0.2, 0.25) is 0 Å². The first-order valence-corrected chi connectivity index (χ1v) is 16.1. The Morgan fingerprint density at radius 2 is 1.73 bits per heavy atom. The average Bonchev–Trinajstić information content (AvgIpc) is 3.63. The lowest BCUT2D eigenvalue weighted by atomic mass is 9.74. The van der Waals surface area contributed by atoms with E-state index in [1.165, 1.54) is 29.4 Å². The normalized spacial score (nSPS) is 25.9. The Balaban J connectivity index is 1.19. The van der Waals surface area contributed by atoms with Gasteiger partial charge in [-0.15, -0.1) is 0 Å². The van der Waals surface area contributed by atoms with Gasteiger partial charge in [0.05, 0.1) is 11.8 Å².